The predicted octanol–water partition coefficient (Wildman–Crippen LogP) is 5.36. The average molecular weight is 602 g/mol. The van der Waals surface area contributed by atoms with Crippen LogP contribution in [0.1, 0.15) is 60.8 Å². The van der Waals surface area contributed by atoms with Crippen molar-refractivity contribution < 1.29 is 28.9 Å². The Morgan fingerprint density at radius 1 is 0.909 bits per heavy atom. The summed E-state index contributed by atoms with van der Waals surface area (Å²) in [5.41, 5.74) is 4.24. The standard InChI is InChI=1S/C35H43N3O6/c1-24-31(22-38-19-7-4-8-20-38)43-34(44-32(24)27-13-11-26(23-39)12-14-27)28-15-17-29(18-16-28)36-35(41)37-30(33(40)42-2)21-25-9-5-3-6-10-25/h3,5-6,9-18,24,30-32,34,39H,4,7-8,19-23H2,1-2H3,(H2,36,37,41). The third-order valence-corrected chi connectivity index (χ3v) is 8.52. The van der Waals surface area contributed by atoms with Gasteiger partial charge in [-0.2, -0.15) is 0 Å². The molecule has 234 valence electrons. The van der Waals surface area contributed by atoms with Crippen molar-refractivity contribution in [3.05, 3.63) is 101 Å². The second-order valence-corrected chi connectivity index (χ2v) is 11.7. The number of hydrogen-bond donors (Lipinski definition) is 3. The maximum Gasteiger partial charge on any atom is 0.328 e. The molecule has 0 radical (unpaired) electrons. The minimum Gasteiger partial charge on any atom is -0.467 e. The van der Waals surface area contributed by atoms with E-state index < -0.39 is 24.3 Å². The van der Waals surface area contributed by atoms with Crippen molar-refractivity contribution in [2.45, 2.75) is 63.8 Å². The summed E-state index contributed by atoms with van der Waals surface area (Å²) < 4.78 is 18.1. The van der Waals surface area contributed by atoms with E-state index in [1.807, 2.05) is 66.7 Å². The number of aliphatic hydroxyl groups excluding tert-OH is 1. The van der Waals surface area contributed by atoms with Crippen molar-refractivity contribution in [3.8, 4) is 0 Å². The predicted molar refractivity (Wildman–Crippen MR) is 168 cm³/mol. The maximum atomic E-state index is 12.8. The van der Waals surface area contributed by atoms with Crippen LogP contribution in [-0.4, -0.2) is 60.9 Å². The summed E-state index contributed by atoms with van der Waals surface area (Å²) in [4.78, 5) is 27.7. The van der Waals surface area contributed by atoms with Crippen molar-refractivity contribution in [3.63, 3.8) is 0 Å². The zero-order chi connectivity index (χ0) is 30.9. The number of carbonyl (C=O) groups is 2. The Bertz CT molecular complexity index is 1350. The van der Waals surface area contributed by atoms with Gasteiger partial charge < -0.3 is 34.9 Å². The third-order valence-electron chi connectivity index (χ3n) is 8.52. The summed E-state index contributed by atoms with van der Waals surface area (Å²) >= 11 is 0. The first-order chi connectivity index (χ1) is 21.4. The number of benzene rings is 3. The van der Waals surface area contributed by atoms with Gasteiger partial charge in [-0.3, -0.25) is 0 Å². The number of hydrogen-bond acceptors (Lipinski definition) is 7. The largest absolute Gasteiger partial charge is 0.467 e. The lowest BCUT2D eigenvalue weighted by molar-refractivity contribution is -0.276. The maximum absolute atomic E-state index is 12.8. The van der Waals surface area contributed by atoms with Crippen LogP contribution >= 0.6 is 0 Å². The molecule has 2 heterocycles. The Labute approximate surface area is 259 Å². The van der Waals surface area contributed by atoms with Gasteiger partial charge >= 0.3 is 12.0 Å². The highest BCUT2D eigenvalue weighted by Crippen LogP contribution is 2.42. The second-order valence-electron chi connectivity index (χ2n) is 11.7. The van der Waals surface area contributed by atoms with Gasteiger partial charge in [0.25, 0.3) is 0 Å². The molecule has 3 aromatic carbocycles. The topological polar surface area (TPSA) is 109 Å². The molecule has 2 fully saturated rings. The number of likely N-dealkylation sites (tertiary alicyclic amines) is 1. The van der Waals surface area contributed by atoms with E-state index >= 15 is 0 Å². The minimum atomic E-state index is -0.826. The fourth-order valence-corrected chi connectivity index (χ4v) is 5.96. The van der Waals surface area contributed by atoms with E-state index in [4.69, 9.17) is 14.2 Å². The first kappa shape index (κ1) is 31.7. The van der Waals surface area contributed by atoms with Gasteiger partial charge in [-0.05, 0) is 54.8 Å². The number of esters is 1. The Kier molecular flexibility index (Phi) is 11.0. The van der Waals surface area contributed by atoms with Crippen molar-refractivity contribution in [2.75, 3.05) is 32.1 Å². The van der Waals surface area contributed by atoms with E-state index in [9.17, 15) is 14.7 Å². The smallest absolute Gasteiger partial charge is 0.328 e. The fourth-order valence-electron chi connectivity index (χ4n) is 5.96. The van der Waals surface area contributed by atoms with Gasteiger partial charge in [0.2, 0.25) is 0 Å². The van der Waals surface area contributed by atoms with E-state index in [0.29, 0.717) is 12.1 Å². The molecule has 0 saturated carbocycles. The first-order valence-corrected chi connectivity index (χ1v) is 15.5. The Balaban J connectivity index is 1.27. The molecule has 0 spiro atoms. The lowest BCUT2D eigenvalue weighted by Crippen LogP contribution is -2.45. The minimum absolute atomic E-state index is 0.000538. The number of nitrogens with one attached hydrogen (secondary N) is 2. The van der Waals surface area contributed by atoms with Gasteiger partial charge in [-0.15, -0.1) is 0 Å². The van der Waals surface area contributed by atoms with Gasteiger partial charge in [0.1, 0.15) is 6.04 Å². The lowest BCUT2D eigenvalue weighted by Gasteiger charge is -2.43. The molecule has 2 aliphatic heterocycles. The van der Waals surface area contributed by atoms with E-state index in [-0.39, 0.29) is 24.7 Å². The SMILES string of the molecule is COC(=O)C(Cc1ccccc1)NC(=O)Nc1ccc(C2OC(CN3CCCCC3)C(C)C(c3ccc(CO)cc3)O2)cc1. The molecule has 5 rings (SSSR count). The highest BCUT2D eigenvalue weighted by Gasteiger charge is 2.39. The van der Waals surface area contributed by atoms with Crippen LogP contribution in [0.2, 0.25) is 0 Å². The van der Waals surface area contributed by atoms with Crippen molar-refractivity contribution >= 4 is 17.7 Å². The number of piperidine rings is 1. The van der Waals surface area contributed by atoms with Crippen molar-refractivity contribution in [1.29, 1.82) is 0 Å². The number of urea groups is 1. The normalized spacial score (nSPS) is 23.0. The monoisotopic (exact) mass is 601 g/mol. The molecular formula is C35H43N3O6. The van der Waals surface area contributed by atoms with Gasteiger partial charge in [0, 0.05) is 30.1 Å². The van der Waals surface area contributed by atoms with Crippen LogP contribution in [0.3, 0.4) is 0 Å². The first-order valence-electron chi connectivity index (χ1n) is 15.5. The second kappa shape index (κ2) is 15.3. The number of ether oxygens (including phenoxy) is 3. The number of aliphatic hydroxyl groups is 1. The summed E-state index contributed by atoms with van der Waals surface area (Å²) in [5.74, 6) is -0.392. The van der Waals surface area contributed by atoms with Gasteiger partial charge in [0.05, 0.1) is 25.9 Å². The molecule has 2 saturated heterocycles. The van der Waals surface area contributed by atoms with Crippen LogP contribution in [0.15, 0.2) is 78.9 Å². The van der Waals surface area contributed by atoms with Gasteiger partial charge in [-0.1, -0.05) is 80.1 Å². The Morgan fingerprint density at radius 2 is 1.59 bits per heavy atom. The summed E-state index contributed by atoms with van der Waals surface area (Å²) in [5, 5.41) is 15.1. The summed E-state index contributed by atoms with van der Waals surface area (Å²) in [6.07, 6.45) is 3.22. The van der Waals surface area contributed by atoms with Crippen molar-refractivity contribution in [2.24, 2.45) is 5.92 Å². The summed E-state index contributed by atoms with van der Waals surface area (Å²) in [6, 6.07) is 23.4. The average Bonchev–Trinajstić information content (AvgIpc) is 3.06. The van der Waals surface area contributed by atoms with Crippen LogP contribution in [0.25, 0.3) is 0 Å². The molecule has 5 unspecified atom stereocenters. The molecule has 9 nitrogen and oxygen atoms in total. The zero-order valence-electron chi connectivity index (χ0n) is 25.5. The van der Waals surface area contributed by atoms with Crippen LogP contribution in [0, 0.1) is 5.92 Å². The number of methoxy groups -OCH3 is 1. The summed E-state index contributed by atoms with van der Waals surface area (Å²) in [7, 11) is 1.31. The van der Waals surface area contributed by atoms with Crippen LogP contribution in [0.4, 0.5) is 10.5 Å². The highest BCUT2D eigenvalue weighted by molar-refractivity contribution is 5.92. The molecule has 9 heteroatoms. The van der Waals surface area contributed by atoms with E-state index in [0.717, 1.165) is 41.9 Å². The molecule has 0 aliphatic carbocycles. The van der Waals surface area contributed by atoms with E-state index in [2.05, 4.69) is 22.5 Å². The van der Waals surface area contributed by atoms with E-state index in [1.165, 1.54) is 26.4 Å². The Morgan fingerprint density at radius 3 is 2.25 bits per heavy atom. The zero-order valence-corrected chi connectivity index (χ0v) is 25.5. The number of anilines is 1. The molecule has 3 aromatic rings. The number of nitrogens with zero attached hydrogens (tertiary/aromatic N) is 1. The highest BCUT2D eigenvalue weighted by atomic mass is 16.7. The third kappa shape index (κ3) is 8.24. The molecule has 44 heavy (non-hydrogen) atoms. The van der Waals surface area contributed by atoms with Crippen LogP contribution in [0.5, 0.6) is 0 Å². The molecular weight excluding hydrogens is 558 g/mol. The van der Waals surface area contributed by atoms with Crippen molar-refractivity contribution in [1.82, 2.24) is 10.2 Å². The molecule has 3 N–H and O–H groups in total. The lowest BCUT2D eigenvalue weighted by atomic mass is 9.89. The summed E-state index contributed by atoms with van der Waals surface area (Å²) in [6.45, 7) is 5.19. The number of amides is 2. The number of carbonyl (C=O) groups excluding carboxylic acids is 2. The van der Waals surface area contributed by atoms with Gasteiger partial charge in [-0.25, -0.2) is 9.59 Å². The molecule has 0 aromatic heterocycles. The van der Waals surface area contributed by atoms with Crippen LogP contribution < -0.4 is 10.6 Å². The molecule has 5 atom stereocenters. The van der Waals surface area contributed by atoms with Gasteiger partial charge in [0.15, 0.2) is 6.29 Å². The molecule has 2 aliphatic rings. The van der Waals surface area contributed by atoms with Crippen LogP contribution in [-0.2, 0) is 32.0 Å². The van der Waals surface area contributed by atoms with E-state index in [1.54, 1.807) is 12.1 Å². The Hall–Kier alpha value is -3.76. The number of rotatable bonds is 10. The molecule has 0 bridgehead atoms. The fraction of sp³-hybridized carbons (Fsp3) is 0.429. The molecule has 2 amide bonds. The quantitative estimate of drug-likeness (QED) is 0.269.